The van der Waals surface area contributed by atoms with Gasteiger partial charge in [-0.3, -0.25) is 0 Å². The van der Waals surface area contributed by atoms with E-state index in [0.29, 0.717) is 16.0 Å². The Morgan fingerprint density at radius 2 is 1.71 bits per heavy atom. The molecule has 21 heavy (non-hydrogen) atoms. The van der Waals surface area contributed by atoms with Gasteiger partial charge in [-0.15, -0.1) is 0 Å². The summed E-state index contributed by atoms with van der Waals surface area (Å²) in [6.45, 7) is 6.37. The normalized spacial score (nSPS) is 12.5. The van der Waals surface area contributed by atoms with Gasteiger partial charge in [-0.1, -0.05) is 31.8 Å². The summed E-state index contributed by atoms with van der Waals surface area (Å²) >= 11 is 3.24. The molecule has 0 radical (unpaired) electrons. The molecular formula is C14H14BrF3N2Si. The summed E-state index contributed by atoms with van der Waals surface area (Å²) in [5.41, 5.74) is 0.261. The summed E-state index contributed by atoms with van der Waals surface area (Å²) in [4.78, 5) is 8.55. The van der Waals surface area contributed by atoms with Gasteiger partial charge in [0.2, 0.25) is 0 Å². The van der Waals surface area contributed by atoms with Crippen LogP contribution in [0.5, 0.6) is 0 Å². The van der Waals surface area contributed by atoms with Crippen LogP contribution in [-0.4, -0.2) is 18.0 Å². The van der Waals surface area contributed by atoms with E-state index in [9.17, 15) is 13.2 Å². The first-order valence-electron chi connectivity index (χ1n) is 6.30. The Hall–Kier alpha value is -1.21. The average Bonchev–Trinajstić information content (AvgIpc) is 2.36. The van der Waals surface area contributed by atoms with Gasteiger partial charge in [0.25, 0.3) is 0 Å². The molecule has 1 heterocycles. The second-order valence-corrected chi connectivity index (χ2v) is 11.5. The van der Waals surface area contributed by atoms with E-state index in [0.717, 1.165) is 17.4 Å². The Morgan fingerprint density at radius 3 is 2.29 bits per heavy atom. The Labute approximate surface area is 130 Å². The maximum absolute atomic E-state index is 12.8. The molecule has 0 amide bonds. The molecule has 0 atom stereocenters. The summed E-state index contributed by atoms with van der Waals surface area (Å²) in [7, 11) is -1.68. The summed E-state index contributed by atoms with van der Waals surface area (Å²) in [6, 6.07) is 6.97. The van der Waals surface area contributed by atoms with Gasteiger partial charge in [0.05, 0.1) is 11.3 Å². The molecule has 1 aromatic heterocycles. The molecule has 0 saturated heterocycles. The topological polar surface area (TPSA) is 25.8 Å². The predicted octanol–water partition coefficient (Wildman–Crippen LogP) is 4.47. The van der Waals surface area contributed by atoms with Gasteiger partial charge >= 0.3 is 6.18 Å². The Bertz CT molecular complexity index is 666. The van der Waals surface area contributed by atoms with Crippen LogP contribution in [-0.2, 0) is 6.18 Å². The largest absolute Gasteiger partial charge is 0.416 e. The molecule has 0 N–H and O–H groups in total. The van der Waals surface area contributed by atoms with Gasteiger partial charge in [0.1, 0.15) is 8.07 Å². The number of aromatic nitrogens is 2. The molecule has 0 bridgehead atoms. The van der Waals surface area contributed by atoms with Gasteiger partial charge in [-0.2, -0.15) is 13.2 Å². The van der Waals surface area contributed by atoms with Crippen LogP contribution in [0, 0.1) is 0 Å². The third-order valence-corrected chi connectivity index (χ3v) is 5.10. The number of hydrogen-bond acceptors (Lipinski definition) is 2. The van der Waals surface area contributed by atoms with Crippen molar-refractivity contribution in [2.75, 3.05) is 0 Å². The van der Waals surface area contributed by atoms with Crippen molar-refractivity contribution in [3.8, 4) is 11.3 Å². The molecular weight excluding hydrogens is 361 g/mol. The molecule has 7 heteroatoms. The fourth-order valence-electron chi connectivity index (χ4n) is 1.80. The van der Waals surface area contributed by atoms with Crippen molar-refractivity contribution in [1.82, 2.24) is 9.97 Å². The van der Waals surface area contributed by atoms with Gasteiger partial charge in [-0.05, 0) is 34.1 Å². The van der Waals surface area contributed by atoms with E-state index in [1.54, 1.807) is 12.1 Å². The van der Waals surface area contributed by atoms with Crippen molar-refractivity contribution in [2.45, 2.75) is 25.8 Å². The second kappa shape index (κ2) is 5.53. The molecule has 2 rings (SSSR count). The molecule has 2 nitrogen and oxygen atoms in total. The third-order valence-electron chi connectivity index (χ3n) is 2.95. The fraction of sp³-hybridized carbons (Fsp3) is 0.286. The fourth-order valence-corrected chi connectivity index (χ4v) is 3.36. The van der Waals surface area contributed by atoms with Crippen molar-refractivity contribution in [2.24, 2.45) is 0 Å². The van der Waals surface area contributed by atoms with E-state index >= 15 is 0 Å². The lowest BCUT2D eigenvalue weighted by Gasteiger charge is -2.16. The minimum atomic E-state index is -4.36. The van der Waals surface area contributed by atoms with Crippen LogP contribution in [0.1, 0.15) is 5.56 Å². The third kappa shape index (κ3) is 3.91. The predicted molar refractivity (Wildman–Crippen MR) is 83.2 cm³/mol. The highest BCUT2D eigenvalue weighted by molar-refractivity contribution is 9.10. The standard InChI is InChI=1S/C14H14BrF3N2Si/c1-21(2,3)12-8-11(19-13(15)20-12)9-5-4-6-10(7-9)14(16,17)18/h4-8H,1-3H3. The lowest BCUT2D eigenvalue weighted by Crippen LogP contribution is -2.40. The number of nitrogens with zero attached hydrogens (tertiary/aromatic N) is 2. The number of hydrogen-bond donors (Lipinski definition) is 0. The molecule has 112 valence electrons. The Morgan fingerprint density at radius 1 is 1.05 bits per heavy atom. The quantitative estimate of drug-likeness (QED) is 0.572. The van der Waals surface area contributed by atoms with Crippen LogP contribution in [0.2, 0.25) is 19.6 Å². The minimum Gasteiger partial charge on any atom is -0.232 e. The van der Waals surface area contributed by atoms with Crippen molar-refractivity contribution in [3.05, 3.63) is 40.6 Å². The zero-order valence-electron chi connectivity index (χ0n) is 11.8. The summed E-state index contributed by atoms with van der Waals surface area (Å²) in [6.07, 6.45) is -4.36. The van der Waals surface area contributed by atoms with Crippen LogP contribution < -0.4 is 5.32 Å². The van der Waals surface area contributed by atoms with E-state index in [-0.39, 0.29) is 0 Å². The van der Waals surface area contributed by atoms with Gasteiger partial charge in [0.15, 0.2) is 4.73 Å². The molecule has 0 unspecified atom stereocenters. The SMILES string of the molecule is C[Si](C)(C)c1cc(-c2cccc(C(F)(F)F)c2)nc(Br)n1. The van der Waals surface area contributed by atoms with Crippen molar-refractivity contribution in [3.63, 3.8) is 0 Å². The monoisotopic (exact) mass is 374 g/mol. The molecule has 0 saturated carbocycles. The first kappa shape index (κ1) is 16.2. The van der Waals surface area contributed by atoms with Crippen molar-refractivity contribution >= 4 is 29.3 Å². The smallest absolute Gasteiger partial charge is 0.232 e. The molecule has 2 aromatic rings. The minimum absolute atomic E-state index is 0.398. The van der Waals surface area contributed by atoms with Crippen LogP contribution in [0.3, 0.4) is 0 Å². The second-order valence-electron chi connectivity index (χ2n) is 5.74. The molecule has 0 aliphatic carbocycles. The molecule has 0 fully saturated rings. The number of halogens is 4. The van der Waals surface area contributed by atoms with Gasteiger partial charge in [-0.25, -0.2) is 9.97 Å². The zero-order chi connectivity index (χ0) is 15.8. The number of rotatable bonds is 2. The van der Waals surface area contributed by atoms with Crippen molar-refractivity contribution < 1.29 is 13.2 Å². The van der Waals surface area contributed by atoms with Gasteiger partial charge < -0.3 is 0 Å². The number of benzene rings is 1. The van der Waals surface area contributed by atoms with Crippen LogP contribution in [0.25, 0.3) is 11.3 Å². The molecule has 0 aliphatic rings. The lowest BCUT2D eigenvalue weighted by molar-refractivity contribution is -0.137. The molecule has 1 aromatic carbocycles. The van der Waals surface area contributed by atoms with E-state index in [1.165, 1.54) is 6.07 Å². The maximum Gasteiger partial charge on any atom is 0.416 e. The van der Waals surface area contributed by atoms with E-state index in [2.05, 4.69) is 45.5 Å². The highest BCUT2D eigenvalue weighted by Crippen LogP contribution is 2.31. The highest BCUT2D eigenvalue weighted by atomic mass is 79.9. The molecule has 0 spiro atoms. The summed E-state index contributed by atoms with van der Waals surface area (Å²) in [5.74, 6) is 0. The lowest BCUT2D eigenvalue weighted by atomic mass is 10.1. The highest BCUT2D eigenvalue weighted by Gasteiger charge is 2.30. The zero-order valence-corrected chi connectivity index (χ0v) is 14.4. The Kier molecular flexibility index (Phi) is 4.26. The molecule has 0 aliphatic heterocycles. The van der Waals surface area contributed by atoms with Crippen LogP contribution in [0.15, 0.2) is 35.1 Å². The van der Waals surface area contributed by atoms with E-state index in [4.69, 9.17) is 0 Å². The van der Waals surface area contributed by atoms with Crippen LogP contribution >= 0.6 is 15.9 Å². The van der Waals surface area contributed by atoms with Crippen LogP contribution in [0.4, 0.5) is 13.2 Å². The maximum atomic E-state index is 12.8. The first-order chi connectivity index (χ1) is 9.57. The van der Waals surface area contributed by atoms with E-state index < -0.39 is 19.8 Å². The van der Waals surface area contributed by atoms with Gasteiger partial charge in [0, 0.05) is 10.9 Å². The summed E-state index contributed by atoms with van der Waals surface area (Å²) < 4.78 is 38.8. The first-order valence-corrected chi connectivity index (χ1v) is 10.6. The average molecular weight is 375 g/mol. The summed E-state index contributed by atoms with van der Waals surface area (Å²) in [5, 5.41) is 0.900. The van der Waals surface area contributed by atoms with E-state index in [1.807, 2.05) is 0 Å². The van der Waals surface area contributed by atoms with Crippen molar-refractivity contribution in [1.29, 1.82) is 0 Å². The Balaban J connectivity index is 2.55. The number of alkyl halides is 3.